The van der Waals surface area contributed by atoms with E-state index in [0.717, 1.165) is 58.7 Å². The fourth-order valence-corrected chi connectivity index (χ4v) is 3.67. The average molecular weight is 357 g/mol. The van der Waals surface area contributed by atoms with Crippen molar-refractivity contribution in [3.05, 3.63) is 60.2 Å². The van der Waals surface area contributed by atoms with Crippen LogP contribution in [0.5, 0.6) is 0 Å². The van der Waals surface area contributed by atoms with Crippen LogP contribution in [0.1, 0.15) is 30.7 Å². The molecular formula is C22H32N2O2. The molecule has 0 atom stereocenters. The van der Waals surface area contributed by atoms with E-state index in [1.807, 2.05) is 0 Å². The first-order valence-corrected chi connectivity index (χ1v) is 9.86. The van der Waals surface area contributed by atoms with Gasteiger partial charge in [0.1, 0.15) is 0 Å². The van der Waals surface area contributed by atoms with Crippen LogP contribution in [0, 0.1) is 0 Å². The standard InChI is InChI=1S/C22H32N2O2/c1-25-18-6-3-7-19-26-22(24-16-14-23-15-17-24)12-10-21(11-13-22)20-8-4-2-5-9-20/h2,4-5,8-13,21,23H,3,6-7,14-19H2,1H3. The molecule has 4 heteroatoms. The second-order valence-electron chi connectivity index (χ2n) is 7.05. The molecule has 0 spiro atoms. The van der Waals surface area contributed by atoms with Crippen LogP contribution < -0.4 is 5.32 Å². The molecule has 4 nitrogen and oxygen atoms in total. The fraction of sp³-hybridized carbons (Fsp3) is 0.545. The summed E-state index contributed by atoms with van der Waals surface area (Å²) in [5, 5.41) is 3.44. The van der Waals surface area contributed by atoms with Crippen molar-refractivity contribution in [1.29, 1.82) is 0 Å². The molecule has 0 aromatic heterocycles. The maximum absolute atomic E-state index is 6.46. The molecule has 1 aliphatic heterocycles. The zero-order valence-corrected chi connectivity index (χ0v) is 15.9. The van der Waals surface area contributed by atoms with Gasteiger partial charge in [-0.15, -0.1) is 0 Å². The van der Waals surface area contributed by atoms with Gasteiger partial charge in [0, 0.05) is 52.4 Å². The maximum Gasteiger partial charge on any atom is 0.160 e. The molecule has 2 aliphatic rings. The van der Waals surface area contributed by atoms with Crippen LogP contribution in [0.25, 0.3) is 0 Å². The van der Waals surface area contributed by atoms with Crippen LogP contribution in [0.4, 0.5) is 0 Å². The van der Waals surface area contributed by atoms with Crippen molar-refractivity contribution in [3.63, 3.8) is 0 Å². The van der Waals surface area contributed by atoms with Gasteiger partial charge >= 0.3 is 0 Å². The molecule has 142 valence electrons. The van der Waals surface area contributed by atoms with Crippen LogP contribution in [-0.2, 0) is 9.47 Å². The topological polar surface area (TPSA) is 33.7 Å². The van der Waals surface area contributed by atoms with Gasteiger partial charge in [-0.1, -0.05) is 42.5 Å². The SMILES string of the molecule is COCCCCCOC1(N2CCNCC2)C=CC(c2ccccc2)C=C1. The van der Waals surface area contributed by atoms with E-state index in [0.29, 0.717) is 5.92 Å². The molecule has 1 aliphatic carbocycles. The Morgan fingerprint density at radius 3 is 2.38 bits per heavy atom. The third kappa shape index (κ3) is 5.04. The minimum absolute atomic E-state index is 0.331. The summed E-state index contributed by atoms with van der Waals surface area (Å²) in [4.78, 5) is 2.45. The third-order valence-electron chi connectivity index (χ3n) is 5.21. The predicted molar refractivity (Wildman–Crippen MR) is 106 cm³/mol. The van der Waals surface area contributed by atoms with Crippen molar-refractivity contribution >= 4 is 0 Å². The zero-order valence-electron chi connectivity index (χ0n) is 15.9. The van der Waals surface area contributed by atoms with E-state index >= 15 is 0 Å². The summed E-state index contributed by atoms with van der Waals surface area (Å²) in [6.07, 6.45) is 12.4. The highest BCUT2D eigenvalue weighted by Gasteiger charge is 2.35. The van der Waals surface area contributed by atoms with Gasteiger partial charge in [-0.25, -0.2) is 0 Å². The molecule has 1 saturated heterocycles. The summed E-state index contributed by atoms with van der Waals surface area (Å²) >= 11 is 0. The monoisotopic (exact) mass is 356 g/mol. The first-order valence-electron chi connectivity index (χ1n) is 9.86. The van der Waals surface area contributed by atoms with Gasteiger partial charge in [0.25, 0.3) is 0 Å². The van der Waals surface area contributed by atoms with Crippen LogP contribution in [0.2, 0.25) is 0 Å². The molecule has 0 radical (unpaired) electrons. The number of rotatable bonds is 9. The van der Waals surface area contributed by atoms with Crippen molar-refractivity contribution in [2.45, 2.75) is 30.9 Å². The highest BCUT2D eigenvalue weighted by molar-refractivity contribution is 5.35. The van der Waals surface area contributed by atoms with E-state index in [4.69, 9.17) is 9.47 Å². The molecule has 1 aromatic rings. The van der Waals surface area contributed by atoms with Crippen LogP contribution >= 0.6 is 0 Å². The Kier molecular flexibility index (Phi) is 7.44. The maximum atomic E-state index is 6.46. The van der Waals surface area contributed by atoms with Gasteiger partial charge < -0.3 is 14.8 Å². The Hall–Kier alpha value is -1.46. The molecule has 0 saturated carbocycles. The van der Waals surface area contributed by atoms with Gasteiger partial charge in [0.2, 0.25) is 0 Å². The number of hydrogen-bond donors (Lipinski definition) is 1. The summed E-state index contributed by atoms with van der Waals surface area (Å²) in [6.45, 7) is 5.66. The number of nitrogens with one attached hydrogen (secondary N) is 1. The van der Waals surface area contributed by atoms with Gasteiger partial charge in [-0.3, -0.25) is 4.90 Å². The molecule has 0 bridgehead atoms. The highest BCUT2D eigenvalue weighted by atomic mass is 16.5. The quantitative estimate of drug-likeness (QED) is 0.544. The van der Waals surface area contributed by atoms with Crippen LogP contribution in [0.15, 0.2) is 54.6 Å². The van der Waals surface area contributed by atoms with Crippen LogP contribution in [-0.4, -0.2) is 57.1 Å². The van der Waals surface area contributed by atoms with E-state index in [1.165, 1.54) is 5.56 Å². The molecular weight excluding hydrogens is 324 g/mol. The number of methoxy groups -OCH3 is 1. The number of benzene rings is 1. The predicted octanol–water partition coefficient (Wildman–Crippen LogP) is 3.33. The number of piperazine rings is 1. The Morgan fingerprint density at radius 2 is 1.69 bits per heavy atom. The van der Waals surface area contributed by atoms with Crippen molar-refractivity contribution in [1.82, 2.24) is 10.2 Å². The summed E-state index contributed by atoms with van der Waals surface area (Å²) in [7, 11) is 1.76. The minimum Gasteiger partial charge on any atom is -0.385 e. The average Bonchev–Trinajstić information content (AvgIpc) is 2.72. The fourth-order valence-electron chi connectivity index (χ4n) is 3.67. The summed E-state index contributed by atoms with van der Waals surface area (Å²) in [5.41, 5.74) is 0.933. The van der Waals surface area contributed by atoms with Crippen molar-refractivity contribution in [2.75, 3.05) is 46.5 Å². The molecule has 0 unspecified atom stereocenters. The van der Waals surface area contributed by atoms with E-state index in [9.17, 15) is 0 Å². The zero-order chi connectivity index (χ0) is 18.1. The van der Waals surface area contributed by atoms with E-state index < -0.39 is 5.72 Å². The van der Waals surface area contributed by atoms with Crippen molar-refractivity contribution < 1.29 is 9.47 Å². The Bertz CT molecular complexity index is 565. The Morgan fingerprint density at radius 1 is 1.00 bits per heavy atom. The minimum atomic E-state index is -0.394. The van der Waals surface area contributed by atoms with Crippen molar-refractivity contribution in [3.8, 4) is 0 Å². The largest absolute Gasteiger partial charge is 0.385 e. The van der Waals surface area contributed by atoms with Crippen molar-refractivity contribution in [2.24, 2.45) is 0 Å². The molecule has 0 amide bonds. The Balaban J connectivity index is 1.64. The lowest BCUT2D eigenvalue weighted by molar-refractivity contribution is -0.0941. The van der Waals surface area contributed by atoms with Gasteiger partial charge in [0.15, 0.2) is 5.72 Å². The highest BCUT2D eigenvalue weighted by Crippen LogP contribution is 2.31. The lowest BCUT2D eigenvalue weighted by Crippen LogP contribution is -2.56. The lowest BCUT2D eigenvalue weighted by atomic mass is 9.91. The number of hydrogen-bond acceptors (Lipinski definition) is 4. The Labute approximate surface area is 157 Å². The number of nitrogens with zero attached hydrogens (tertiary/aromatic N) is 1. The van der Waals surface area contributed by atoms with E-state index in [-0.39, 0.29) is 0 Å². The smallest absolute Gasteiger partial charge is 0.160 e. The van der Waals surface area contributed by atoms with E-state index in [1.54, 1.807) is 7.11 Å². The van der Waals surface area contributed by atoms with Gasteiger partial charge in [-0.05, 0) is 37.0 Å². The number of ether oxygens (including phenoxy) is 2. The first kappa shape index (κ1) is 19.3. The molecule has 1 N–H and O–H groups in total. The number of unbranched alkanes of at least 4 members (excludes halogenated alkanes) is 2. The number of allylic oxidation sites excluding steroid dienone is 2. The molecule has 1 aromatic carbocycles. The molecule has 3 rings (SSSR count). The van der Waals surface area contributed by atoms with E-state index in [2.05, 4.69) is 64.9 Å². The molecule has 26 heavy (non-hydrogen) atoms. The summed E-state index contributed by atoms with van der Waals surface area (Å²) in [5.74, 6) is 0.331. The third-order valence-corrected chi connectivity index (χ3v) is 5.21. The molecule has 1 fully saturated rings. The summed E-state index contributed by atoms with van der Waals surface area (Å²) < 4.78 is 11.6. The second kappa shape index (κ2) is 10.0. The lowest BCUT2D eigenvalue weighted by Gasteiger charge is -2.43. The normalized spacial score (nSPS) is 26.3. The van der Waals surface area contributed by atoms with Crippen LogP contribution in [0.3, 0.4) is 0 Å². The van der Waals surface area contributed by atoms with Gasteiger partial charge in [-0.2, -0.15) is 0 Å². The molecule has 1 heterocycles. The second-order valence-corrected chi connectivity index (χ2v) is 7.05. The summed E-state index contributed by atoms with van der Waals surface area (Å²) in [6, 6.07) is 10.6. The van der Waals surface area contributed by atoms with Gasteiger partial charge in [0.05, 0.1) is 0 Å². The first-order chi connectivity index (χ1) is 12.8.